The lowest BCUT2D eigenvalue weighted by Crippen LogP contribution is -2.48. The summed E-state index contributed by atoms with van der Waals surface area (Å²) in [7, 11) is 0. The highest BCUT2D eigenvalue weighted by Gasteiger charge is 2.37. The summed E-state index contributed by atoms with van der Waals surface area (Å²) in [6.45, 7) is 17.3. The highest BCUT2D eigenvalue weighted by molar-refractivity contribution is 5.31. The van der Waals surface area contributed by atoms with Gasteiger partial charge in [-0.3, -0.25) is 4.90 Å². The summed E-state index contributed by atoms with van der Waals surface area (Å²) in [6.07, 6.45) is 6.91. The second kappa shape index (κ2) is 8.15. The van der Waals surface area contributed by atoms with Gasteiger partial charge in [-0.25, -0.2) is 0 Å². The van der Waals surface area contributed by atoms with E-state index in [4.69, 9.17) is 4.74 Å². The zero-order valence-corrected chi connectivity index (χ0v) is 18.6. The van der Waals surface area contributed by atoms with Crippen molar-refractivity contribution in [3.8, 4) is 5.75 Å². The monoisotopic (exact) mass is 371 g/mol. The number of hydrogen-bond acceptors (Lipinski definition) is 2. The molecule has 1 aliphatic carbocycles. The number of hydrogen-bond donors (Lipinski definition) is 0. The lowest BCUT2D eigenvalue weighted by molar-refractivity contribution is 0.0290. The molecule has 27 heavy (non-hydrogen) atoms. The van der Waals surface area contributed by atoms with E-state index in [0.717, 1.165) is 30.1 Å². The van der Waals surface area contributed by atoms with Crippen molar-refractivity contribution in [3.63, 3.8) is 0 Å². The van der Waals surface area contributed by atoms with Crippen LogP contribution in [0.1, 0.15) is 79.2 Å². The van der Waals surface area contributed by atoms with Gasteiger partial charge in [0.2, 0.25) is 0 Å². The molecule has 1 aromatic rings. The van der Waals surface area contributed by atoms with Crippen LogP contribution in [0.2, 0.25) is 0 Å². The van der Waals surface area contributed by atoms with Gasteiger partial charge in [0.05, 0.1) is 6.61 Å². The quantitative estimate of drug-likeness (QED) is 0.603. The Hall–Kier alpha value is -1.02. The molecule has 0 bridgehead atoms. The molecule has 0 spiro atoms. The van der Waals surface area contributed by atoms with E-state index in [0.29, 0.717) is 5.54 Å². The van der Waals surface area contributed by atoms with Crippen molar-refractivity contribution in [2.45, 2.75) is 84.6 Å². The summed E-state index contributed by atoms with van der Waals surface area (Å²) in [5.41, 5.74) is 1.92. The average Bonchev–Trinajstić information content (AvgIpc) is 2.56. The van der Waals surface area contributed by atoms with Crippen LogP contribution in [0.15, 0.2) is 24.3 Å². The van der Waals surface area contributed by atoms with Crippen LogP contribution < -0.4 is 4.74 Å². The standard InChI is InChI=1S/C25H41NO/c1-24(2,3)22-7-9-23(10-8-22)27-16-13-19-17-21(18-19)20-11-14-26(15-12-20)25(4,5)6/h7-10,19-21H,11-18H2,1-6H3. The van der Waals surface area contributed by atoms with Crippen molar-refractivity contribution in [1.82, 2.24) is 4.90 Å². The Bertz CT molecular complexity index is 578. The van der Waals surface area contributed by atoms with Gasteiger partial charge in [0.25, 0.3) is 0 Å². The van der Waals surface area contributed by atoms with Crippen LogP contribution in [0, 0.1) is 17.8 Å². The molecule has 0 unspecified atom stereocenters. The normalized spacial score (nSPS) is 25.3. The third kappa shape index (κ3) is 5.50. The topological polar surface area (TPSA) is 12.5 Å². The minimum atomic E-state index is 0.211. The molecule has 1 heterocycles. The van der Waals surface area contributed by atoms with Gasteiger partial charge in [0, 0.05) is 5.54 Å². The second-order valence-corrected chi connectivity index (χ2v) is 11.0. The van der Waals surface area contributed by atoms with Crippen molar-refractivity contribution in [1.29, 1.82) is 0 Å². The number of likely N-dealkylation sites (tertiary alicyclic amines) is 1. The zero-order chi connectivity index (χ0) is 19.7. The van der Waals surface area contributed by atoms with Gasteiger partial charge in [-0.15, -0.1) is 0 Å². The summed E-state index contributed by atoms with van der Waals surface area (Å²) in [5.74, 6) is 3.88. The van der Waals surface area contributed by atoms with Crippen LogP contribution in [0.3, 0.4) is 0 Å². The molecular formula is C25H41NO. The van der Waals surface area contributed by atoms with Gasteiger partial charge in [-0.05, 0) is 107 Å². The third-order valence-electron chi connectivity index (χ3n) is 6.94. The van der Waals surface area contributed by atoms with E-state index in [9.17, 15) is 0 Å². The molecule has 0 radical (unpaired) electrons. The molecule has 0 N–H and O–H groups in total. The predicted molar refractivity (Wildman–Crippen MR) is 116 cm³/mol. The molecule has 1 aromatic carbocycles. The lowest BCUT2D eigenvalue weighted by Gasteiger charge is -2.47. The number of benzene rings is 1. The van der Waals surface area contributed by atoms with Crippen LogP contribution in [-0.2, 0) is 5.41 Å². The summed E-state index contributed by atoms with van der Waals surface area (Å²) in [6, 6.07) is 8.68. The first-order valence-electron chi connectivity index (χ1n) is 11.1. The first-order valence-corrected chi connectivity index (χ1v) is 11.1. The molecule has 0 atom stereocenters. The fourth-order valence-corrected chi connectivity index (χ4v) is 4.84. The molecule has 2 heteroatoms. The Morgan fingerprint density at radius 3 is 2.00 bits per heavy atom. The maximum atomic E-state index is 6.01. The van der Waals surface area contributed by atoms with E-state index in [2.05, 4.69) is 70.7 Å². The van der Waals surface area contributed by atoms with E-state index >= 15 is 0 Å². The van der Waals surface area contributed by atoms with Crippen LogP contribution in [-0.4, -0.2) is 30.1 Å². The molecule has 0 amide bonds. The summed E-state index contributed by atoms with van der Waals surface area (Å²) < 4.78 is 6.01. The largest absolute Gasteiger partial charge is 0.494 e. The van der Waals surface area contributed by atoms with Crippen molar-refractivity contribution < 1.29 is 4.74 Å². The Kier molecular flexibility index (Phi) is 6.25. The Labute approximate surface area is 167 Å². The fourth-order valence-electron chi connectivity index (χ4n) is 4.84. The highest BCUT2D eigenvalue weighted by Crippen LogP contribution is 2.44. The van der Waals surface area contributed by atoms with E-state index in [1.54, 1.807) is 0 Å². The molecule has 0 aromatic heterocycles. The molecule has 152 valence electrons. The van der Waals surface area contributed by atoms with Crippen LogP contribution in [0.4, 0.5) is 0 Å². The maximum absolute atomic E-state index is 6.01. The van der Waals surface area contributed by atoms with Crippen LogP contribution >= 0.6 is 0 Å². The van der Waals surface area contributed by atoms with Gasteiger partial charge in [-0.2, -0.15) is 0 Å². The second-order valence-electron chi connectivity index (χ2n) is 11.0. The van der Waals surface area contributed by atoms with E-state index in [1.165, 1.54) is 50.8 Å². The molecule has 1 aliphatic heterocycles. The van der Waals surface area contributed by atoms with E-state index in [-0.39, 0.29) is 5.41 Å². The van der Waals surface area contributed by atoms with Crippen molar-refractivity contribution in [3.05, 3.63) is 29.8 Å². The Balaban J connectivity index is 1.32. The van der Waals surface area contributed by atoms with Gasteiger partial charge < -0.3 is 4.74 Å². The number of ether oxygens (including phenoxy) is 1. The summed E-state index contributed by atoms with van der Waals surface area (Å²) >= 11 is 0. The van der Waals surface area contributed by atoms with Gasteiger partial charge in [-0.1, -0.05) is 32.9 Å². The number of nitrogens with zero attached hydrogens (tertiary/aromatic N) is 1. The molecule has 2 fully saturated rings. The Morgan fingerprint density at radius 1 is 0.889 bits per heavy atom. The minimum Gasteiger partial charge on any atom is -0.494 e. The lowest BCUT2D eigenvalue weighted by atomic mass is 9.65. The smallest absolute Gasteiger partial charge is 0.119 e. The van der Waals surface area contributed by atoms with Gasteiger partial charge in [0.15, 0.2) is 0 Å². The van der Waals surface area contributed by atoms with E-state index < -0.39 is 0 Å². The van der Waals surface area contributed by atoms with Crippen molar-refractivity contribution in [2.75, 3.05) is 19.7 Å². The zero-order valence-electron chi connectivity index (χ0n) is 18.6. The van der Waals surface area contributed by atoms with E-state index in [1.807, 2.05) is 0 Å². The summed E-state index contributed by atoms with van der Waals surface area (Å²) in [5, 5.41) is 0. The molecule has 2 nitrogen and oxygen atoms in total. The van der Waals surface area contributed by atoms with Crippen LogP contribution in [0.25, 0.3) is 0 Å². The molecular weight excluding hydrogens is 330 g/mol. The third-order valence-corrected chi connectivity index (χ3v) is 6.94. The molecule has 1 saturated heterocycles. The summed E-state index contributed by atoms with van der Waals surface area (Å²) in [4.78, 5) is 2.67. The van der Waals surface area contributed by atoms with Crippen LogP contribution in [0.5, 0.6) is 5.75 Å². The highest BCUT2D eigenvalue weighted by atomic mass is 16.5. The average molecular weight is 372 g/mol. The first-order chi connectivity index (χ1) is 12.6. The van der Waals surface area contributed by atoms with Gasteiger partial charge >= 0.3 is 0 Å². The molecule has 2 aliphatic rings. The van der Waals surface area contributed by atoms with Gasteiger partial charge in [0.1, 0.15) is 5.75 Å². The first kappa shape index (κ1) is 20.7. The van der Waals surface area contributed by atoms with Crippen molar-refractivity contribution >= 4 is 0 Å². The minimum absolute atomic E-state index is 0.211. The predicted octanol–water partition coefficient (Wildman–Crippen LogP) is 6.29. The molecule has 3 rings (SSSR count). The number of rotatable bonds is 5. The fraction of sp³-hybridized carbons (Fsp3) is 0.760. The molecule has 1 saturated carbocycles. The SMILES string of the molecule is CC(C)(C)c1ccc(OCCC2CC(C3CCN(C(C)(C)C)CC3)C2)cc1. The number of piperidine rings is 1. The maximum Gasteiger partial charge on any atom is 0.119 e. The van der Waals surface area contributed by atoms with Crippen molar-refractivity contribution in [2.24, 2.45) is 17.8 Å². The Morgan fingerprint density at radius 2 is 1.48 bits per heavy atom.